The molecule has 0 aliphatic heterocycles. The lowest BCUT2D eigenvalue weighted by molar-refractivity contribution is -0.384. The molecule has 0 radical (unpaired) electrons. The van der Waals surface area contributed by atoms with Crippen molar-refractivity contribution in [1.29, 1.82) is 0 Å². The standard InChI is InChI=1S/C16H14ClN5O3S2/c1-9(15(23)18-13-5-4-10(22(24)25)7-12(13)17)27-16-19-14(20-21-16)8-11-3-2-6-26-11/h2-7,9H,8H2,1H3,(H,18,23)(H,19,20,21). The molecule has 1 unspecified atom stereocenters. The average molecular weight is 424 g/mol. The Morgan fingerprint density at radius 3 is 2.96 bits per heavy atom. The Labute approximate surface area is 167 Å². The molecule has 1 amide bonds. The maximum atomic E-state index is 12.4. The third kappa shape index (κ3) is 5.06. The van der Waals surface area contributed by atoms with Gasteiger partial charge < -0.3 is 5.32 Å². The van der Waals surface area contributed by atoms with Crippen LogP contribution in [-0.4, -0.2) is 31.3 Å². The number of carbonyl (C=O) groups is 1. The lowest BCUT2D eigenvalue weighted by Crippen LogP contribution is -2.22. The molecule has 27 heavy (non-hydrogen) atoms. The number of anilines is 1. The second-order valence-corrected chi connectivity index (χ2v) is 8.24. The molecule has 3 aromatic rings. The third-order valence-corrected chi connectivity index (χ3v) is 5.66. The van der Waals surface area contributed by atoms with E-state index in [0.717, 1.165) is 5.82 Å². The van der Waals surface area contributed by atoms with E-state index >= 15 is 0 Å². The van der Waals surface area contributed by atoms with Crippen LogP contribution >= 0.6 is 34.7 Å². The number of H-pyrrole nitrogens is 1. The Morgan fingerprint density at radius 1 is 1.48 bits per heavy atom. The highest BCUT2D eigenvalue weighted by molar-refractivity contribution is 8.00. The number of aromatic nitrogens is 3. The number of amides is 1. The van der Waals surface area contributed by atoms with Gasteiger partial charge in [0.25, 0.3) is 5.69 Å². The summed E-state index contributed by atoms with van der Waals surface area (Å²) >= 11 is 8.84. The number of rotatable bonds is 7. The largest absolute Gasteiger partial charge is 0.324 e. The van der Waals surface area contributed by atoms with Gasteiger partial charge in [-0.15, -0.1) is 16.4 Å². The van der Waals surface area contributed by atoms with Gasteiger partial charge in [-0.05, 0) is 24.4 Å². The summed E-state index contributed by atoms with van der Waals surface area (Å²) in [6.45, 7) is 1.72. The number of thiophene rings is 1. The Morgan fingerprint density at radius 2 is 2.30 bits per heavy atom. The Bertz CT molecular complexity index is 961. The summed E-state index contributed by atoms with van der Waals surface area (Å²) in [6.07, 6.45) is 0.657. The van der Waals surface area contributed by atoms with E-state index in [1.165, 1.54) is 34.8 Å². The number of carbonyl (C=O) groups excluding carboxylic acids is 1. The maximum absolute atomic E-state index is 12.4. The number of halogens is 1. The van der Waals surface area contributed by atoms with Crippen molar-refractivity contribution < 1.29 is 9.72 Å². The van der Waals surface area contributed by atoms with E-state index in [4.69, 9.17) is 11.6 Å². The molecule has 8 nitrogen and oxygen atoms in total. The Hall–Kier alpha value is -2.43. The fourth-order valence-electron chi connectivity index (χ4n) is 2.15. The van der Waals surface area contributed by atoms with Crippen LogP contribution in [0.2, 0.25) is 5.02 Å². The van der Waals surface area contributed by atoms with Gasteiger partial charge >= 0.3 is 0 Å². The van der Waals surface area contributed by atoms with Crippen molar-refractivity contribution >= 4 is 52.0 Å². The van der Waals surface area contributed by atoms with Gasteiger partial charge in [0.15, 0.2) is 0 Å². The van der Waals surface area contributed by atoms with E-state index < -0.39 is 10.2 Å². The number of non-ortho nitro benzene ring substituents is 1. The van der Waals surface area contributed by atoms with Gasteiger partial charge in [0.05, 0.1) is 20.9 Å². The normalized spacial score (nSPS) is 11.9. The fraction of sp³-hybridized carbons (Fsp3) is 0.188. The summed E-state index contributed by atoms with van der Waals surface area (Å²) in [5, 5.41) is 22.5. The van der Waals surface area contributed by atoms with Crippen molar-refractivity contribution in [3.05, 3.63) is 61.6 Å². The van der Waals surface area contributed by atoms with Crippen LogP contribution in [0.5, 0.6) is 0 Å². The van der Waals surface area contributed by atoms with E-state index in [1.54, 1.807) is 18.3 Å². The first-order valence-electron chi connectivity index (χ1n) is 7.77. The van der Waals surface area contributed by atoms with E-state index in [2.05, 4.69) is 20.5 Å². The number of aromatic amines is 1. The number of nitrogens with zero attached hydrogens (tertiary/aromatic N) is 3. The molecule has 0 aliphatic carbocycles. The van der Waals surface area contributed by atoms with E-state index in [1.807, 2.05) is 17.5 Å². The molecule has 0 saturated carbocycles. The Balaban J connectivity index is 1.59. The molecule has 0 fully saturated rings. The zero-order chi connectivity index (χ0) is 19.4. The van der Waals surface area contributed by atoms with Gasteiger partial charge in [-0.1, -0.05) is 29.4 Å². The molecule has 0 bridgehead atoms. The molecular weight excluding hydrogens is 410 g/mol. The van der Waals surface area contributed by atoms with E-state index in [-0.39, 0.29) is 16.6 Å². The number of hydrogen-bond donors (Lipinski definition) is 2. The van der Waals surface area contributed by atoms with Gasteiger partial charge in [0, 0.05) is 23.4 Å². The van der Waals surface area contributed by atoms with Crippen LogP contribution in [0.15, 0.2) is 40.9 Å². The highest BCUT2D eigenvalue weighted by Gasteiger charge is 2.19. The van der Waals surface area contributed by atoms with Crippen molar-refractivity contribution in [3.63, 3.8) is 0 Å². The third-order valence-electron chi connectivity index (χ3n) is 3.51. The first-order chi connectivity index (χ1) is 12.9. The molecule has 3 rings (SSSR count). The molecule has 140 valence electrons. The highest BCUT2D eigenvalue weighted by Crippen LogP contribution is 2.28. The smallest absolute Gasteiger partial charge is 0.271 e. The van der Waals surface area contributed by atoms with Gasteiger partial charge in [0.2, 0.25) is 11.1 Å². The van der Waals surface area contributed by atoms with Gasteiger partial charge in [-0.3, -0.25) is 20.0 Å². The highest BCUT2D eigenvalue weighted by atomic mass is 35.5. The predicted octanol–water partition coefficient (Wildman–Crippen LogP) is 4.14. The Kier molecular flexibility index (Phi) is 6.09. The first-order valence-corrected chi connectivity index (χ1v) is 9.91. The van der Waals surface area contributed by atoms with Gasteiger partial charge in [0.1, 0.15) is 5.82 Å². The van der Waals surface area contributed by atoms with Crippen LogP contribution in [0.4, 0.5) is 11.4 Å². The van der Waals surface area contributed by atoms with Crippen LogP contribution in [0, 0.1) is 10.1 Å². The van der Waals surface area contributed by atoms with Crippen LogP contribution in [-0.2, 0) is 11.2 Å². The minimum atomic E-state index is -0.549. The van der Waals surface area contributed by atoms with Crippen LogP contribution < -0.4 is 5.32 Å². The maximum Gasteiger partial charge on any atom is 0.271 e. The minimum Gasteiger partial charge on any atom is -0.324 e. The summed E-state index contributed by atoms with van der Waals surface area (Å²) in [5.74, 6) is 0.423. The first kappa shape index (κ1) is 19.3. The zero-order valence-corrected chi connectivity index (χ0v) is 16.4. The number of benzene rings is 1. The molecule has 11 heteroatoms. The van der Waals surface area contributed by atoms with Crippen molar-refractivity contribution in [2.24, 2.45) is 0 Å². The number of nitro groups is 1. The molecule has 2 N–H and O–H groups in total. The van der Waals surface area contributed by atoms with Crippen molar-refractivity contribution in [2.45, 2.75) is 23.8 Å². The van der Waals surface area contributed by atoms with E-state index in [9.17, 15) is 14.9 Å². The lowest BCUT2D eigenvalue weighted by Gasteiger charge is -2.11. The number of thioether (sulfide) groups is 1. The SMILES string of the molecule is CC(Sc1n[nH]c(Cc2cccs2)n1)C(=O)Nc1ccc([N+](=O)[O-])cc1Cl. The summed E-state index contributed by atoms with van der Waals surface area (Å²) < 4.78 is 0. The molecule has 1 atom stereocenters. The summed E-state index contributed by atoms with van der Waals surface area (Å²) in [5.41, 5.74) is 0.174. The molecule has 2 heterocycles. The minimum absolute atomic E-state index is 0.103. The topological polar surface area (TPSA) is 114 Å². The molecule has 0 aliphatic rings. The lowest BCUT2D eigenvalue weighted by atomic mass is 10.2. The van der Waals surface area contributed by atoms with Crippen molar-refractivity contribution in [2.75, 3.05) is 5.32 Å². The fourth-order valence-corrected chi connectivity index (χ4v) is 3.83. The average Bonchev–Trinajstić information content (AvgIpc) is 3.29. The zero-order valence-electron chi connectivity index (χ0n) is 14.0. The molecule has 1 aromatic carbocycles. The van der Waals surface area contributed by atoms with E-state index in [0.29, 0.717) is 17.3 Å². The van der Waals surface area contributed by atoms with Crippen molar-refractivity contribution in [3.8, 4) is 0 Å². The van der Waals surface area contributed by atoms with Gasteiger partial charge in [-0.2, -0.15) is 0 Å². The summed E-state index contributed by atoms with van der Waals surface area (Å²) in [4.78, 5) is 28.1. The predicted molar refractivity (Wildman–Crippen MR) is 106 cm³/mol. The van der Waals surface area contributed by atoms with Gasteiger partial charge in [-0.25, -0.2) is 4.98 Å². The molecule has 2 aromatic heterocycles. The summed E-state index contributed by atoms with van der Waals surface area (Å²) in [7, 11) is 0. The number of nitro benzene ring substituents is 1. The molecular formula is C16H14ClN5O3S2. The summed E-state index contributed by atoms with van der Waals surface area (Å²) in [6, 6.07) is 7.87. The molecule has 0 saturated heterocycles. The number of hydrogen-bond acceptors (Lipinski definition) is 7. The second kappa shape index (κ2) is 8.51. The second-order valence-electron chi connectivity index (χ2n) is 5.49. The van der Waals surface area contributed by atoms with Crippen molar-refractivity contribution in [1.82, 2.24) is 15.2 Å². The quantitative estimate of drug-likeness (QED) is 0.335. The monoisotopic (exact) mass is 423 g/mol. The number of nitrogens with one attached hydrogen (secondary N) is 2. The van der Waals surface area contributed by atoms with Crippen LogP contribution in [0.3, 0.4) is 0 Å². The van der Waals surface area contributed by atoms with Crippen LogP contribution in [0.25, 0.3) is 0 Å². The van der Waals surface area contributed by atoms with Crippen LogP contribution in [0.1, 0.15) is 17.6 Å². The molecule has 0 spiro atoms.